The largest absolute Gasteiger partial charge is 0.441 e. The van der Waals surface area contributed by atoms with Crippen molar-refractivity contribution in [2.45, 2.75) is 25.3 Å². The van der Waals surface area contributed by atoms with Crippen LogP contribution < -0.4 is 0 Å². The number of hydrogen-bond donors (Lipinski definition) is 0. The van der Waals surface area contributed by atoms with E-state index in [1.165, 1.54) is 11.3 Å². The molecule has 4 rings (SSSR count). The van der Waals surface area contributed by atoms with Crippen LogP contribution in [-0.2, 0) is 16.0 Å². The third-order valence-electron chi connectivity index (χ3n) is 4.93. The fraction of sp³-hybridized carbons (Fsp3) is 0.318. The van der Waals surface area contributed by atoms with E-state index >= 15 is 0 Å². The Balaban J connectivity index is 1.35. The first-order valence-corrected chi connectivity index (χ1v) is 10.5. The van der Waals surface area contributed by atoms with Gasteiger partial charge in [0, 0.05) is 31.4 Å². The molecule has 2 aromatic heterocycles. The van der Waals surface area contributed by atoms with Gasteiger partial charge in [0.05, 0.1) is 30.3 Å². The first kappa shape index (κ1) is 19.5. The van der Waals surface area contributed by atoms with Crippen molar-refractivity contribution in [3.8, 4) is 11.3 Å². The number of ketones is 1. The van der Waals surface area contributed by atoms with Crippen molar-refractivity contribution in [2.75, 3.05) is 19.8 Å². The molecule has 0 radical (unpaired) electrons. The van der Waals surface area contributed by atoms with Crippen LogP contribution in [0.15, 0.2) is 58.5 Å². The van der Waals surface area contributed by atoms with E-state index in [2.05, 4.69) is 4.98 Å². The highest BCUT2D eigenvalue weighted by molar-refractivity contribution is 7.12. The van der Waals surface area contributed by atoms with Crippen LogP contribution in [0.25, 0.3) is 11.3 Å². The number of oxazole rings is 1. The van der Waals surface area contributed by atoms with Crippen molar-refractivity contribution in [3.05, 3.63) is 64.8 Å². The minimum atomic E-state index is -0.227. The second-order valence-corrected chi connectivity index (χ2v) is 7.85. The fourth-order valence-electron chi connectivity index (χ4n) is 3.42. The summed E-state index contributed by atoms with van der Waals surface area (Å²) in [5, 5.41) is 1.88. The monoisotopic (exact) mass is 410 g/mol. The van der Waals surface area contributed by atoms with Gasteiger partial charge in [-0.15, -0.1) is 11.3 Å². The van der Waals surface area contributed by atoms with Gasteiger partial charge in [0.1, 0.15) is 0 Å². The zero-order chi connectivity index (χ0) is 20.1. The number of Topliss-reactive ketones (excluding diaryl/α,β-unsaturated/α-hetero) is 1. The van der Waals surface area contributed by atoms with Gasteiger partial charge in [-0.25, -0.2) is 4.98 Å². The second-order valence-electron chi connectivity index (χ2n) is 6.90. The molecular weight excluding hydrogens is 388 g/mol. The Kier molecular flexibility index (Phi) is 6.17. The predicted octanol–water partition coefficient (Wildman–Crippen LogP) is 3.84. The molecule has 1 fully saturated rings. The van der Waals surface area contributed by atoms with Gasteiger partial charge in [-0.05, 0) is 11.4 Å². The van der Waals surface area contributed by atoms with E-state index in [4.69, 9.17) is 9.15 Å². The molecule has 3 heterocycles. The first-order valence-electron chi connectivity index (χ1n) is 9.65. The quantitative estimate of drug-likeness (QED) is 0.554. The normalized spacial score (nSPS) is 16.7. The molecule has 3 aromatic rings. The molecule has 7 heteroatoms. The number of thiophene rings is 1. The molecule has 0 saturated carbocycles. The minimum Gasteiger partial charge on any atom is -0.441 e. The summed E-state index contributed by atoms with van der Waals surface area (Å²) in [6, 6.07) is 13.2. The zero-order valence-electron chi connectivity index (χ0n) is 16.0. The predicted molar refractivity (Wildman–Crippen MR) is 110 cm³/mol. The van der Waals surface area contributed by atoms with Crippen LogP contribution >= 0.6 is 11.3 Å². The van der Waals surface area contributed by atoms with E-state index in [9.17, 15) is 9.59 Å². The standard InChI is InChI=1S/C22H22N2O4S/c25-18(20-7-4-12-29-20)13-17-15-27-11-10-24(17)22(26)9-8-21-23-14-19(28-21)16-5-2-1-3-6-16/h1-7,12,14,17H,8-11,13,15H2. The summed E-state index contributed by atoms with van der Waals surface area (Å²) in [5.74, 6) is 1.28. The summed E-state index contributed by atoms with van der Waals surface area (Å²) < 4.78 is 11.3. The van der Waals surface area contributed by atoms with Crippen LogP contribution in [0.5, 0.6) is 0 Å². The second kappa shape index (κ2) is 9.15. The highest BCUT2D eigenvalue weighted by Gasteiger charge is 2.29. The summed E-state index contributed by atoms with van der Waals surface area (Å²) >= 11 is 1.42. The lowest BCUT2D eigenvalue weighted by Crippen LogP contribution is -2.49. The van der Waals surface area contributed by atoms with Crippen molar-refractivity contribution in [1.29, 1.82) is 0 Å². The Bertz CT molecular complexity index is 952. The van der Waals surface area contributed by atoms with Crippen LogP contribution in [0.3, 0.4) is 0 Å². The van der Waals surface area contributed by atoms with E-state index in [0.29, 0.717) is 44.3 Å². The average Bonchev–Trinajstić information content (AvgIpc) is 3.45. The molecule has 150 valence electrons. The van der Waals surface area contributed by atoms with E-state index in [1.54, 1.807) is 11.1 Å². The van der Waals surface area contributed by atoms with Crippen molar-refractivity contribution in [2.24, 2.45) is 0 Å². The molecule has 0 N–H and O–H groups in total. The van der Waals surface area contributed by atoms with Crippen LogP contribution in [0.2, 0.25) is 0 Å². The lowest BCUT2D eigenvalue weighted by atomic mass is 10.1. The van der Waals surface area contributed by atoms with Crippen molar-refractivity contribution >= 4 is 23.0 Å². The molecule has 1 atom stereocenters. The highest BCUT2D eigenvalue weighted by Crippen LogP contribution is 2.21. The summed E-state index contributed by atoms with van der Waals surface area (Å²) in [6.07, 6.45) is 2.68. The van der Waals surface area contributed by atoms with Crippen LogP contribution in [0, 0.1) is 0 Å². The zero-order valence-corrected chi connectivity index (χ0v) is 16.8. The Morgan fingerprint density at radius 3 is 2.83 bits per heavy atom. The summed E-state index contributed by atoms with van der Waals surface area (Å²) in [4.78, 5) is 32.1. The van der Waals surface area contributed by atoms with Crippen LogP contribution in [0.1, 0.15) is 28.4 Å². The third-order valence-corrected chi connectivity index (χ3v) is 5.84. The lowest BCUT2D eigenvalue weighted by Gasteiger charge is -2.35. The molecule has 1 aliphatic heterocycles. The van der Waals surface area contributed by atoms with E-state index in [0.717, 1.165) is 10.4 Å². The maximum Gasteiger partial charge on any atom is 0.223 e. The first-order chi connectivity index (χ1) is 14.2. The molecule has 29 heavy (non-hydrogen) atoms. The number of hydrogen-bond acceptors (Lipinski definition) is 6. The van der Waals surface area contributed by atoms with Gasteiger partial charge in [0.25, 0.3) is 0 Å². The molecule has 0 aliphatic carbocycles. The van der Waals surface area contributed by atoms with Gasteiger partial charge in [0.2, 0.25) is 5.91 Å². The number of amides is 1. The van der Waals surface area contributed by atoms with Gasteiger partial charge in [-0.2, -0.15) is 0 Å². The number of carbonyl (C=O) groups is 2. The molecular formula is C22H22N2O4S. The van der Waals surface area contributed by atoms with Gasteiger partial charge >= 0.3 is 0 Å². The maximum absolute atomic E-state index is 12.8. The molecule has 1 amide bonds. The summed E-state index contributed by atoms with van der Waals surface area (Å²) in [5.41, 5.74) is 0.956. The van der Waals surface area contributed by atoms with E-state index in [-0.39, 0.29) is 24.2 Å². The number of nitrogens with zero attached hydrogens (tertiary/aromatic N) is 2. The summed E-state index contributed by atoms with van der Waals surface area (Å²) in [6.45, 7) is 1.38. The van der Waals surface area contributed by atoms with E-state index in [1.807, 2.05) is 47.8 Å². The number of aryl methyl sites for hydroxylation is 1. The van der Waals surface area contributed by atoms with Crippen LogP contribution in [0.4, 0.5) is 0 Å². The number of aromatic nitrogens is 1. The Morgan fingerprint density at radius 2 is 2.03 bits per heavy atom. The van der Waals surface area contributed by atoms with Gasteiger partial charge in [-0.3, -0.25) is 9.59 Å². The minimum absolute atomic E-state index is 0.00302. The lowest BCUT2D eigenvalue weighted by molar-refractivity contribution is -0.139. The van der Waals surface area contributed by atoms with Crippen molar-refractivity contribution in [1.82, 2.24) is 9.88 Å². The fourth-order valence-corrected chi connectivity index (χ4v) is 4.10. The topological polar surface area (TPSA) is 72.6 Å². The maximum atomic E-state index is 12.8. The van der Waals surface area contributed by atoms with Gasteiger partial charge < -0.3 is 14.1 Å². The molecule has 0 spiro atoms. The van der Waals surface area contributed by atoms with Gasteiger partial charge in [0.15, 0.2) is 17.4 Å². The molecule has 1 aliphatic rings. The highest BCUT2D eigenvalue weighted by atomic mass is 32.1. The Labute approximate surface area is 173 Å². The number of benzene rings is 1. The number of morpholine rings is 1. The van der Waals surface area contributed by atoms with Crippen molar-refractivity contribution in [3.63, 3.8) is 0 Å². The summed E-state index contributed by atoms with van der Waals surface area (Å²) in [7, 11) is 0. The number of carbonyl (C=O) groups excluding carboxylic acids is 2. The smallest absolute Gasteiger partial charge is 0.223 e. The van der Waals surface area contributed by atoms with E-state index < -0.39 is 0 Å². The third kappa shape index (κ3) is 4.81. The van der Waals surface area contributed by atoms with Crippen LogP contribution in [-0.4, -0.2) is 47.4 Å². The Hall–Kier alpha value is -2.77. The molecule has 1 unspecified atom stereocenters. The molecule has 6 nitrogen and oxygen atoms in total. The number of ether oxygens (including phenoxy) is 1. The average molecular weight is 410 g/mol. The Morgan fingerprint density at radius 1 is 1.17 bits per heavy atom. The number of rotatable bonds is 7. The molecule has 1 aromatic carbocycles. The molecule has 0 bridgehead atoms. The molecule has 1 saturated heterocycles. The van der Waals surface area contributed by atoms with Gasteiger partial charge in [-0.1, -0.05) is 36.4 Å². The SMILES string of the molecule is O=C(CC1COCCN1C(=O)CCc1ncc(-c2ccccc2)o1)c1cccs1. The van der Waals surface area contributed by atoms with Crippen molar-refractivity contribution < 1.29 is 18.7 Å².